The maximum Gasteiger partial charge on any atom is 0.255 e. The van der Waals surface area contributed by atoms with Gasteiger partial charge in [-0.3, -0.25) is 9.48 Å². The molecule has 3 rings (SSSR count). The molecule has 1 unspecified atom stereocenters. The number of likely N-dealkylation sites (tertiary alicyclic amines) is 1. The number of carbonyl (C=O) groups excluding carboxylic acids is 1. The number of halogens is 1. The molecule has 100 valence electrons. The molecule has 4 nitrogen and oxygen atoms in total. The summed E-state index contributed by atoms with van der Waals surface area (Å²) >= 11 is 4.96. The highest BCUT2D eigenvalue weighted by molar-refractivity contribution is 9.11. The van der Waals surface area contributed by atoms with Gasteiger partial charge in [-0.2, -0.15) is 5.10 Å². The predicted octanol–water partition coefficient (Wildman–Crippen LogP) is 3.01. The van der Waals surface area contributed by atoms with Crippen LogP contribution in [-0.2, 0) is 6.54 Å². The van der Waals surface area contributed by atoms with Crippen molar-refractivity contribution in [2.45, 2.75) is 25.4 Å². The van der Waals surface area contributed by atoms with Crippen LogP contribution >= 0.6 is 27.3 Å². The summed E-state index contributed by atoms with van der Waals surface area (Å²) in [7, 11) is 0. The quantitative estimate of drug-likeness (QED) is 0.862. The SMILES string of the molecule is O=C(c1csc(Br)c1)N1CCCC1Cn1cccn1. The molecular formula is C13H14BrN3OS. The zero-order valence-corrected chi connectivity index (χ0v) is 12.7. The fourth-order valence-electron chi connectivity index (χ4n) is 2.51. The second-order valence-corrected chi connectivity index (χ2v) is 6.95. The van der Waals surface area contributed by atoms with Gasteiger partial charge in [-0.05, 0) is 40.9 Å². The molecule has 3 heterocycles. The highest BCUT2D eigenvalue weighted by Crippen LogP contribution is 2.26. The smallest absolute Gasteiger partial charge is 0.255 e. The van der Waals surface area contributed by atoms with E-state index in [-0.39, 0.29) is 11.9 Å². The molecule has 0 N–H and O–H groups in total. The van der Waals surface area contributed by atoms with E-state index in [9.17, 15) is 4.79 Å². The molecule has 1 aliphatic heterocycles. The number of amides is 1. The molecule has 0 saturated carbocycles. The van der Waals surface area contributed by atoms with Crippen LogP contribution in [0.1, 0.15) is 23.2 Å². The van der Waals surface area contributed by atoms with Gasteiger partial charge in [-0.1, -0.05) is 0 Å². The standard InChI is InChI=1S/C13H14BrN3OS/c14-12-7-10(9-19-12)13(18)17-6-1-3-11(17)8-16-5-2-4-15-16/h2,4-5,7,9,11H,1,3,6,8H2. The van der Waals surface area contributed by atoms with Crippen molar-refractivity contribution >= 4 is 33.2 Å². The molecule has 0 bridgehead atoms. The monoisotopic (exact) mass is 339 g/mol. The van der Waals surface area contributed by atoms with E-state index in [0.717, 1.165) is 35.3 Å². The lowest BCUT2D eigenvalue weighted by atomic mass is 10.2. The molecule has 0 spiro atoms. The molecule has 1 fully saturated rings. The summed E-state index contributed by atoms with van der Waals surface area (Å²) in [4.78, 5) is 14.5. The van der Waals surface area contributed by atoms with E-state index < -0.39 is 0 Å². The van der Waals surface area contributed by atoms with Crippen LogP contribution in [0.3, 0.4) is 0 Å². The first kappa shape index (κ1) is 12.9. The van der Waals surface area contributed by atoms with Crippen LogP contribution in [0.4, 0.5) is 0 Å². The molecule has 1 amide bonds. The number of rotatable bonds is 3. The van der Waals surface area contributed by atoms with Crippen molar-refractivity contribution in [2.24, 2.45) is 0 Å². The van der Waals surface area contributed by atoms with Crippen LogP contribution in [0, 0.1) is 0 Å². The Bertz CT molecular complexity index is 566. The van der Waals surface area contributed by atoms with Gasteiger partial charge in [0.25, 0.3) is 5.91 Å². The predicted molar refractivity (Wildman–Crippen MR) is 78.3 cm³/mol. The van der Waals surface area contributed by atoms with Gasteiger partial charge >= 0.3 is 0 Å². The van der Waals surface area contributed by atoms with Crippen molar-refractivity contribution in [2.75, 3.05) is 6.54 Å². The normalized spacial score (nSPS) is 19.0. The first-order valence-electron chi connectivity index (χ1n) is 6.26. The van der Waals surface area contributed by atoms with Gasteiger partial charge in [-0.15, -0.1) is 11.3 Å². The topological polar surface area (TPSA) is 38.1 Å². The number of aromatic nitrogens is 2. The summed E-state index contributed by atoms with van der Waals surface area (Å²) in [6.45, 7) is 1.63. The molecule has 19 heavy (non-hydrogen) atoms. The van der Waals surface area contributed by atoms with Crippen LogP contribution in [0.15, 0.2) is 33.7 Å². The fourth-order valence-corrected chi connectivity index (χ4v) is 3.64. The number of nitrogens with zero attached hydrogens (tertiary/aromatic N) is 3. The molecule has 0 radical (unpaired) electrons. The van der Waals surface area contributed by atoms with Crippen LogP contribution < -0.4 is 0 Å². The minimum atomic E-state index is 0.136. The number of carbonyl (C=O) groups is 1. The zero-order chi connectivity index (χ0) is 13.2. The van der Waals surface area contributed by atoms with E-state index in [2.05, 4.69) is 21.0 Å². The summed E-state index contributed by atoms with van der Waals surface area (Å²) < 4.78 is 2.90. The number of hydrogen-bond acceptors (Lipinski definition) is 3. The van der Waals surface area contributed by atoms with Gasteiger partial charge in [0.1, 0.15) is 0 Å². The van der Waals surface area contributed by atoms with E-state index in [4.69, 9.17) is 0 Å². The second kappa shape index (κ2) is 5.46. The van der Waals surface area contributed by atoms with E-state index in [1.54, 1.807) is 17.5 Å². The van der Waals surface area contributed by atoms with Crippen molar-refractivity contribution in [3.05, 3.63) is 39.3 Å². The van der Waals surface area contributed by atoms with Crippen molar-refractivity contribution in [1.29, 1.82) is 0 Å². The summed E-state index contributed by atoms with van der Waals surface area (Å²) in [5, 5.41) is 6.14. The van der Waals surface area contributed by atoms with E-state index in [1.165, 1.54) is 0 Å². The lowest BCUT2D eigenvalue weighted by Crippen LogP contribution is -2.38. The summed E-state index contributed by atoms with van der Waals surface area (Å²) in [5.74, 6) is 0.136. The Kier molecular flexibility index (Phi) is 3.70. The van der Waals surface area contributed by atoms with Crippen molar-refractivity contribution in [3.8, 4) is 0 Å². The summed E-state index contributed by atoms with van der Waals surface area (Å²) in [6.07, 6.45) is 5.85. The maximum absolute atomic E-state index is 12.5. The Morgan fingerprint density at radius 2 is 2.47 bits per heavy atom. The minimum absolute atomic E-state index is 0.136. The Morgan fingerprint density at radius 3 is 3.16 bits per heavy atom. The maximum atomic E-state index is 12.5. The molecule has 1 saturated heterocycles. The first-order valence-corrected chi connectivity index (χ1v) is 7.94. The lowest BCUT2D eigenvalue weighted by Gasteiger charge is -2.24. The Morgan fingerprint density at radius 1 is 1.58 bits per heavy atom. The lowest BCUT2D eigenvalue weighted by molar-refractivity contribution is 0.0722. The van der Waals surface area contributed by atoms with Gasteiger partial charge in [0.05, 0.1) is 21.9 Å². The van der Waals surface area contributed by atoms with E-state index in [0.29, 0.717) is 0 Å². The van der Waals surface area contributed by atoms with Crippen LogP contribution in [0.5, 0.6) is 0 Å². The van der Waals surface area contributed by atoms with Gasteiger partial charge in [-0.25, -0.2) is 0 Å². The third kappa shape index (κ3) is 2.74. The molecule has 2 aromatic heterocycles. The van der Waals surface area contributed by atoms with Gasteiger partial charge in [0.15, 0.2) is 0 Å². The third-order valence-electron chi connectivity index (χ3n) is 3.41. The molecule has 0 aromatic carbocycles. The summed E-state index contributed by atoms with van der Waals surface area (Å²) in [5.41, 5.74) is 0.782. The Labute approximate surface area is 124 Å². The first-order chi connectivity index (χ1) is 9.24. The van der Waals surface area contributed by atoms with Gasteiger partial charge in [0, 0.05) is 24.3 Å². The van der Waals surface area contributed by atoms with E-state index >= 15 is 0 Å². The average molecular weight is 340 g/mol. The second-order valence-electron chi connectivity index (χ2n) is 4.66. The number of hydrogen-bond donors (Lipinski definition) is 0. The number of thiophene rings is 1. The molecular weight excluding hydrogens is 326 g/mol. The van der Waals surface area contributed by atoms with Gasteiger partial charge < -0.3 is 4.90 Å². The van der Waals surface area contributed by atoms with Gasteiger partial charge in [0.2, 0.25) is 0 Å². The van der Waals surface area contributed by atoms with Crippen molar-refractivity contribution in [1.82, 2.24) is 14.7 Å². The van der Waals surface area contributed by atoms with Crippen LogP contribution in [0.25, 0.3) is 0 Å². The molecule has 1 aliphatic rings. The Balaban J connectivity index is 1.74. The highest BCUT2D eigenvalue weighted by Gasteiger charge is 2.30. The van der Waals surface area contributed by atoms with Crippen LogP contribution in [0.2, 0.25) is 0 Å². The molecule has 6 heteroatoms. The molecule has 0 aliphatic carbocycles. The highest BCUT2D eigenvalue weighted by atomic mass is 79.9. The molecule has 1 atom stereocenters. The van der Waals surface area contributed by atoms with Crippen molar-refractivity contribution in [3.63, 3.8) is 0 Å². The fraction of sp³-hybridized carbons (Fsp3) is 0.385. The Hall–Kier alpha value is -1.14. The summed E-state index contributed by atoms with van der Waals surface area (Å²) in [6, 6.07) is 4.07. The molecule has 2 aromatic rings. The zero-order valence-electron chi connectivity index (χ0n) is 10.3. The average Bonchev–Trinajstić information content (AvgIpc) is 3.10. The largest absolute Gasteiger partial charge is 0.334 e. The van der Waals surface area contributed by atoms with Crippen molar-refractivity contribution < 1.29 is 4.79 Å². The third-order valence-corrected chi connectivity index (χ3v) is 4.91. The minimum Gasteiger partial charge on any atom is -0.334 e. The van der Waals surface area contributed by atoms with Crippen LogP contribution in [-0.4, -0.2) is 33.2 Å². The van der Waals surface area contributed by atoms with E-state index in [1.807, 2.05) is 33.3 Å².